The summed E-state index contributed by atoms with van der Waals surface area (Å²) in [4.78, 5) is 13.0. The Balaban J connectivity index is 2.20. The second-order valence-corrected chi connectivity index (χ2v) is 17.3. The van der Waals surface area contributed by atoms with Gasteiger partial charge in [-0.25, -0.2) is 0 Å². The van der Waals surface area contributed by atoms with Gasteiger partial charge in [0.05, 0.1) is 25.4 Å². The number of hydrogen-bond acceptors (Lipinski definition) is 8. The standard InChI is InChI=1S/C47H93NO8/c1-3-5-7-9-11-13-15-16-17-18-19-20-21-22-23-24-25-26-27-29-31-33-35-37-43(51)48-40(39-55-47-46(54)45(53)44(52)42(38-49)56-47)41(50)36-34-32-30-28-14-12-10-8-6-4-2/h40-42,44-47,49-50,52-54H,3-39H2,1-2H3,(H,48,51)/t40-,41+,42-,44-,45?,46?,47-/m0/s1. The zero-order chi connectivity index (χ0) is 40.9. The summed E-state index contributed by atoms with van der Waals surface area (Å²) in [6, 6.07) is -0.710. The van der Waals surface area contributed by atoms with Crippen LogP contribution in [0, 0.1) is 0 Å². The Hall–Kier alpha value is -0.810. The molecule has 0 aromatic carbocycles. The molecule has 0 radical (unpaired) electrons. The summed E-state index contributed by atoms with van der Waals surface area (Å²) in [5.41, 5.74) is 0. The summed E-state index contributed by atoms with van der Waals surface area (Å²) in [6.07, 6.45) is 35.6. The first-order chi connectivity index (χ1) is 27.3. The Morgan fingerprint density at radius 1 is 0.536 bits per heavy atom. The van der Waals surface area contributed by atoms with Crippen LogP contribution in [0.4, 0.5) is 0 Å². The number of rotatable bonds is 41. The molecule has 1 rings (SSSR count). The fourth-order valence-electron chi connectivity index (χ4n) is 8.04. The van der Waals surface area contributed by atoms with Crippen molar-refractivity contribution in [3.63, 3.8) is 0 Å². The summed E-state index contributed by atoms with van der Waals surface area (Å²) in [6.45, 7) is 3.84. The van der Waals surface area contributed by atoms with Gasteiger partial charge in [-0.15, -0.1) is 0 Å². The minimum absolute atomic E-state index is 0.132. The van der Waals surface area contributed by atoms with Crippen molar-refractivity contribution in [1.29, 1.82) is 0 Å². The summed E-state index contributed by atoms with van der Waals surface area (Å²) in [5, 5.41) is 54.3. The van der Waals surface area contributed by atoms with E-state index in [0.29, 0.717) is 12.8 Å². The zero-order valence-corrected chi connectivity index (χ0v) is 36.7. The van der Waals surface area contributed by atoms with Crippen LogP contribution >= 0.6 is 0 Å². The average molecular weight is 800 g/mol. The van der Waals surface area contributed by atoms with Crippen molar-refractivity contribution in [3.05, 3.63) is 0 Å². The molecule has 6 N–H and O–H groups in total. The molecule has 1 aliphatic rings. The molecule has 56 heavy (non-hydrogen) atoms. The van der Waals surface area contributed by atoms with Gasteiger partial charge in [-0.2, -0.15) is 0 Å². The third kappa shape index (κ3) is 28.6. The van der Waals surface area contributed by atoms with E-state index in [4.69, 9.17) is 9.47 Å². The second kappa shape index (κ2) is 38.4. The lowest BCUT2D eigenvalue weighted by Gasteiger charge is -2.40. The largest absolute Gasteiger partial charge is 0.394 e. The maximum atomic E-state index is 13.0. The summed E-state index contributed by atoms with van der Waals surface area (Å²) in [5.74, 6) is -0.141. The fraction of sp³-hybridized carbons (Fsp3) is 0.979. The number of carbonyl (C=O) groups excluding carboxylic acids is 1. The van der Waals surface area contributed by atoms with Crippen molar-refractivity contribution in [2.45, 2.75) is 281 Å². The van der Waals surface area contributed by atoms with Crippen LogP contribution in [-0.2, 0) is 14.3 Å². The smallest absolute Gasteiger partial charge is 0.220 e. The van der Waals surface area contributed by atoms with E-state index in [1.165, 1.54) is 173 Å². The van der Waals surface area contributed by atoms with Crippen LogP contribution in [0.3, 0.4) is 0 Å². The van der Waals surface area contributed by atoms with Gasteiger partial charge in [-0.3, -0.25) is 4.79 Å². The van der Waals surface area contributed by atoms with Crippen molar-refractivity contribution in [3.8, 4) is 0 Å². The van der Waals surface area contributed by atoms with Gasteiger partial charge in [-0.1, -0.05) is 219 Å². The minimum atomic E-state index is -1.55. The Morgan fingerprint density at radius 3 is 1.27 bits per heavy atom. The molecule has 1 heterocycles. The van der Waals surface area contributed by atoms with Gasteiger partial charge in [0.15, 0.2) is 6.29 Å². The Labute approximate surface area is 344 Å². The molecule has 1 saturated heterocycles. The molecule has 9 nitrogen and oxygen atoms in total. The minimum Gasteiger partial charge on any atom is -0.394 e. The number of hydrogen-bond donors (Lipinski definition) is 6. The van der Waals surface area contributed by atoms with Crippen LogP contribution in [0.2, 0.25) is 0 Å². The van der Waals surface area contributed by atoms with Gasteiger partial charge in [0.2, 0.25) is 5.91 Å². The molecular weight excluding hydrogens is 707 g/mol. The third-order valence-corrected chi connectivity index (χ3v) is 12.0. The number of amides is 1. The van der Waals surface area contributed by atoms with Gasteiger partial charge in [0.1, 0.15) is 24.4 Å². The van der Waals surface area contributed by atoms with Crippen LogP contribution in [-0.4, -0.2) is 87.5 Å². The van der Waals surface area contributed by atoms with Gasteiger partial charge in [0.25, 0.3) is 0 Å². The Bertz CT molecular complexity index is 847. The molecule has 0 aliphatic carbocycles. The molecule has 0 spiro atoms. The zero-order valence-electron chi connectivity index (χ0n) is 36.7. The van der Waals surface area contributed by atoms with Crippen molar-refractivity contribution < 1.29 is 39.8 Å². The maximum absolute atomic E-state index is 13.0. The molecule has 0 bridgehead atoms. The van der Waals surface area contributed by atoms with Gasteiger partial charge in [-0.05, 0) is 12.8 Å². The third-order valence-electron chi connectivity index (χ3n) is 12.0. The number of nitrogens with one attached hydrogen (secondary N) is 1. The molecular formula is C47H93NO8. The SMILES string of the molecule is CCCCCCCCCCCCCCCCCCCCCCCCCC(=O)N[C@@H](CO[C@H]1O[C@@H](CO)[C@H](O)C(O)C1O)[C@H](O)CCCCCCCCCCCC. The summed E-state index contributed by atoms with van der Waals surface area (Å²) in [7, 11) is 0. The Kier molecular flexibility index (Phi) is 36.5. The lowest BCUT2D eigenvalue weighted by molar-refractivity contribution is -0.302. The van der Waals surface area contributed by atoms with Crippen LogP contribution in [0.25, 0.3) is 0 Å². The van der Waals surface area contributed by atoms with Crippen molar-refractivity contribution >= 4 is 5.91 Å². The van der Waals surface area contributed by atoms with E-state index < -0.39 is 49.5 Å². The molecule has 1 aliphatic heterocycles. The number of carbonyl (C=O) groups is 1. The second-order valence-electron chi connectivity index (χ2n) is 17.3. The molecule has 9 heteroatoms. The van der Waals surface area contributed by atoms with E-state index >= 15 is 0 Å². The molecule has 0 aromatic heterocycles. The van der Waals surface area contributed by atoms with Crippen molar-refractivity contribution in [2.24, 2.45) is 0 Å². The molecule has 1 amide bonds. The highest BCUT2D eigenvalue weighted by atomic mass is 16.7. The van der Waals surface area contributed by atoms with Crippen LogP contribution in [0.1, 0.15) is 239 Å². The first kappa shape index (κ1) is 53.2. The average Bonchev–Trinajstić information content (AvgIpc) is 3.20. The number of aliphatic hydroxyl groups is 5. The topological polar surface area (TPSA) is 149 Å². The van der Waals surface area contributed by atoms with E-state index in [1.807, 2.05) is 0 Å². The summed E-state index contributed by atoms with van der Waals surface area (Å²) >= 11 is 0. The lowest BCUT2D eigenvalue weighted by atomic mass is 9.99. The van der Waals surface area contributed by atoms with E-state index in [2.05, 4.69) is 19.2 Å². The van der Waals surface area contributed by atoms with E-state index in [-0.39, 0.29) is 12.5 Å². The predicted octanol–water partition coefficient (Wildman–Crippen LogP) is 10.3. The Morgan fingerprint density at radius 2 is 0.893 bits per heavy atom. The molecule has 2 unspecified atom stereocenters. The van der Waals surface area contributed by atoms with Crippen LogP contribution in [0.15, 0.2) is 0 Å². The monoisotopic (exact) mass is 800 g/mol. The molecule has 0 saturated carbocycles. The fourth-order valence-corrected chi connectivity index (χ4v) is 8.04. The van der Waals surface area contributed by atoms with Crippen molar-refractivity contribution in [2.75, 3.05) is 13.2 Å². The first-order valence-electron chi connectivity index (χ1n) is 24.2. The number of unbranched alkanes of at least 4 members (excludes halogenated alkanes) is 31. The molecule has 1 fully saturated rings. The quantitative estimate of drug-likeness (QED) is 0.0335. The lowest BCUT2D eigenvalue weighted by Crippen LogP contribution is -2.60. The van der Waals surface area contributed by atoms with E-state index in [1.54, 1.807) is 0 Å². The molecule has 334 valence electrons. The first-order valence-corrected chi connectivity index (χ1v) is 24.2. The van der Waals surface area contributed by atoms with Crippen LogP contribution in [0.5, 0.6) is 0 Å². The van der Waals surface area contributed by atoms with E-state index in [9.17, 15) is 30.3 Å². The van der Waals surface area contributed by atoms with Gasteiger partial charge in [0, 0.05) is 6.42 Å². The molecule has 7 atom stereocenters. The number of aliphatic hydroxyl groups excluding tert-OH is 5. The molecule has 0 aromatic rings. The van der Waals surface area contributed by atoms with E-state index in [0.717, 1.165) is 38.5 Å². The number of ether oxygens (including phenoxy) is 2. The highest BCUT2D eigenvalue weighted by Gasteiger charge is 2.44. The van der Waals surface area contributed by atoms with Crippen LogP contribution < -0.4 is 5.32 Å². The van der Waals surface area contributed by atoms with Gasteiger partial charge < -0.3 is 40.3 Å². The highest BCUT2D eigenvalue weighted by Crippen LogP contribution is 2.23. The van der Waals surface area contributed by atoms with Gasteiger partial charge >= 0.3 is 0 Å². The van der Waals surface area contributed by atoms with Crippen molar-refractivity contribution in [1.82, 2.24) is 5.32 Å². The highest BCUT2D eigenvalue weighted by molar-refractivity contribution is 5.76. The predicted molar refractivity (Wildman–Crippen MR) is 231 cm³/mol. The maximum Gasteiger partial charge on any atom is 0.220 e. The summed E-state index contributed by atoms with van der Waals surface area (Å²) < 4.78 is 11.2. The normalized spacial score (nSPS) is 21.0.